The predicted octanol–water partition coefficient (Wildman–Crippen LogP) is 5.87. The number of ether oxygens (including phenoxy) is 1. The summed E-state index contributed by atoms with van der Waals surface area (Å²) in [4.78, 5) is 17.6. The van der Waals surface area contributed by atoms with Gasteiger partial charge in [-0.05, 0) is 56.5 Å². The maximum atomic E-state index is 13.3. The minimum absolute atomic E-state index is 0.0356. The van der Waals surface area contributed by atoms with E-state index in [0.717, 1.165) is 41.4 Å². The van der Waals surface area contributed by atoms with Crippen LogP contribution in [-0.2, 0) is 0 Å². The number of hydrogen-bond donors (Lipinski definition) is 2. The van der Waals surface area contributed by atoms with E-state index in [1.165, 1.54) is 12.0 Å². The maximum absolute atomic E-state index is 13.3. The molecule has 2 aromatic carbocycles. The van der Waals surface area contributed by atoms with Crippen LogP contribution in [0.4, 0.5) is 0 Å². The lowest BCUT2D eigenvalue weighted by atomic mass is 9.80. The quantitative estimate of drug-likeness (QED) is 0.382. The Labute approximate surface area is 199 Å². The summed E-state index contributed by atoms with van der Waals surface area (Å²) < 4.78 is 5.74. The fourth-order valence-corrected chi connectivity index (χ4v) is 4.89. The van der Waals surface area contributed by atoms with Crippen LogP contribution in [0.3, 0.4) is 0 Å². The highest BCUT2D eigenvalue weighted by Crippen LogP contribution is 2.34. The van der Waals surface area contributed by atoms with E-state index in [1.54, 1.807) is 6.20 Å². The topological polar surface area (TPSA) is 79.9 Å². The molecular formula is C28H30N4O2. The van der Waals surface area contributed by atoms with Crippen LogP contribution in [0.5, 0.6) is 5.88 Å². The number of pyridine rings is 1. The number of nitrogens with one attached hydrogen (secondary N) is 2. The van der Waals surface area contributed by atoms with Gasteiger partial charge in [-0.1, -0.05) is 43.2 Å². The molecule has 0 bridgehead atoms. The highest BCUT2D eigenvalue weighted by atomic mass is 16.5. The molecule has 5 rings (SSSR count). The Bertz CT molecular complexity index is 1280. The first-order valence-corrected chi connectivity index (χ1v) is 12.1. The van der Waals surface area contributed by atoms with Crippen molar-refractivity contribution in [1.29, 1.82) is 0 Å². The van der Waals surface area contributed by atoms with Crippen molar-refractivity contribution in [2.45, 2.75) is 57.6 Å². The minimum atomic E-state index is -0.0413. The van der Waals surface area contributed by atoms with Gasteiger partial charge in [0.1, 0.15) is 5.69 Å². The van der Waals surface area contributed by atoms with Crippen molar-refractivity contribution in [3.63, 3.8) is 0 Å². The van der Waals surface area contributed by atoms with Crippen LogP contribution in [0, 0.1) is 0 Å². The van der Waals surface area contributed by atoms with Crippen molar-refractivity contribution in [2.75, 3.05) is 0 Å². The highest BCUT2D eigenvalue weighted by Gasteiger charge is 2.28. The lowest BCUT2D eigenvalue weighted by Gasteiger charge is -2.32. The summed E-state index contributed by atoms with van der Waals surface area (Å²) in [5.74, 6) is 0.866. The Kier molecular flexibility index (Phi) is 6.30. The van der Waals surface area contributed by atoms with Crippen LogP contribution in [-0.4, -0.2) is 33.2 Å². The van der Waals surface area contributed by atoms with Gasteiger partial charge in [-0.25, -0.2) is 4.98 Å². The predicted molar refractivity (Wildman–Crippen MR) is 134 cm³/mol. The fourth-order valence-electron chi connectivity index (χ4n) is 4.89. The zero-order valence-electron chi connectivity index (χ0n) is 19.6. The SMILES string of the molecule is CC(C)Oc1cc(-c2n[nH]c3ccc(C(=O)N[C@@H]4CCCC[C@H]4c4ccccc4)cc23)ccn1. The molecule has 34 heavy (non-hydrogen) atoms. The fraction of sp³-hybridized carbons (Fsp3) is 0.321. The first-order chi connectivity index (χ1) is 16.6. The van der Waals surface area contributed by atoms with Crippen molar-refractivity contribution in [3.05, 3.63) is 78.0 Å². The lowest BCUT2D eigenvalue weighted by Crippen LogP contribution is -2.41. The second-order valence-electron chi connectivity index (χ2n) is 9.26. The number of aromatic amines is 1. The van der Waals surface area contributed by atoms with Crippen LogP contribution in [0.15, 0.2) is 66.9 Å². The van der Waals surface area contributed by atoms with Gasteiger partial charge in [-0.15, -0.1) is 0 Å². The summed E-state index contributed by atoms with van der Waals surface area (Å²) in [6.07, 6.45) is 6.19. The second kappa shape index (κ2) is 9.67. The van der Waals surface area contributed by atoms with E-state index in [0.29, 0.717) is 17.4 Å². The third kappa shape index (κ3) is 4.67. The molecule has 1 amide bonds. The summed E-state index contributed by atoms with van der Waals surface area (Å²) in [5.41, 5.74) is 4.50. The molecule has 2 atom stereocenters. The van der Waals surface area contributed by atoms with Gasteiger partial charge in [0.25, 0.3) is 5.91 Å². The van der Waals surface area contributed by atoms with Crippen LogP contribution >= 0.6 is 0 Å². The molecule has 0 saturated heterocycles. The third-order valence-corrected chi connectivity index (χ3v) is 6.50. The van der Waals surface area contributed by atoms with Crippen molar-refractivity contribution in [3.8, 4) is 17.1 Å². The number of carbonyl (C=O) groups excluding carboxylic acids is 1. The Morgan fingerprint density at radius 3 is 2.71 bits per heavy atom. The molecule has 6 nitrogen and oxygen atoms in total. The summed E-state index contributed by atoms with van der Waals surface area (Å²) in [5, 5.41) is 11.8. The minimum Gasteiger partial charge on any atom is -0.475 e. The van der Waals surface area contributed by atoms with E-state index < -0.39 is 0 Å². The van der Waals surface area contributed by atoms with E-state index in [1.807, 2.05) is 50.2 Å². The molecule has 1 aliphatic carbocycles. The Balaban J connectivity index is 1.40. The number of fused-ring (bicyclic) bond motifs is 1. The van der Waals surface area contributed by atoms with Crippen molar-refractivity contribution in [2.24, 2.45) is 0 Å². The van der Waals surface area contributed by atoms with Crippen molar-refractivity contribution >= 4 is 16.8 Å². The number of hydrogen-bond acceptors (Lipinski definition) is 4. The summed E-state index contributed by atoms with van der Waals surface area (Å²) in [7, 11) is 0. The molecule has 1 aliphatic rings. The maximum Gasteiger partial charge on any atom is 0.251 e. The van der Waals surface area contributed by atoms with Crippen LogP contribution < -0.4 is 10.1 Å². The monoisotopic (exact) mass is 454 g/mol. The average molecular weight is 455 g/mol. The van der Waals surface area contributed by atoms with Gasteiger partial charge in [0.05, 0.1) is 11.6 Å². The zero-order chi connectivity index (χ0) is 23.5. The molecule has 0 aliphatic heterocycles. The zero-order valence-corrected chi connectivity index (χ0v) is 19.6. The molecule has 0 spiro atoms. The molecule has 6 heteroatoms. The lowest BCUT2D eigenvalue weighted by molar-refractivity contribution is 0.0921. The number of H-pyrrole nitrogens is 1. The molecule has 1 saturated carbocycles. The Morgan fingerprint density at radius 1 is 1.06 bits per heavy atom. The van der Waals surface area contributed by atoms with Crippen LogP contribution in [0.25, 0.3) is 22.2 Å². The summed E-state index contributed by atoms with van der Waals surface area (Å²) in [6, 6.07) is 20.2. The van der Waals surface area contributed by atoms with Crippen molar-refractivity contribution in [1.82, 2.24) is 20.5 Å². The number of rotatable bonds is 6. The standard InChI is InChI=1S/C28H30N4O2/c1-18(2)34-26-17-20(14-15-29-26)27-23-16-21(12-13-25(23)31-32-27)28(33)30-24-11-7-6-10-22(24)19-8-4-3-5-9-19/h3-5,8-9,12-18,22,24H,6-7,10-11H2,1-2H3,(H,30,33)(H,31,32)/t22-,24+/m0/s1. The van der Waals surface area contributed by atoms with E-state index in [9.17, 15) is 4.79 Å². The Hall–Kier alpha value is -3.67. The molecule has 4 aromatic rings. The van der Waals surface area contributed by atoms with Gasteiger partial charge in [-0.3, -0.25) is 9.89 Å². The summed E-state index contributed by atoms with van der Waals surface area (Å²) >= 11 is 0. The molecule has 2 aromatic heterocycles. The second-order valence-corrected chi connectivity index (χ2v) is 9.26. The number of amides is 1. The largest absolute Gasteiger partial charge is 0.475 e. The first-order valence-electron chi connectivity index (χ1n) is 12.1. The van der Waals surface area contributed by atoms with E-state index in [4.69, 9.17) is 4.74 Å². The number of carbonyl (C=O) groups is 1. The van der Waals surface area contributed by atoms with Crippen LogP contribution in [0.2, 0.25) is 0 Å². The molecule has 2 N–H and O–H groups in total. The molecule has 0 radical (unpaired) electrons. The van der Waals surface area contributed by atoms with Gasteiger partial charge >= 0.3 is 0 Å². The normalized spacial score (nSPS) is 18.2. The van der Waals surface area contributed by atoms with E-state index in [-0.39, 0.29) is 18.1 Å². The van der Waals surface area contributed by atoms with Gasteiger partial charge < -0.3 is 10.1 Å². The molecule has 0 unspecified atom stereocenters. The smallest absolute Gasteiger partial charge is 0.251 e. The van der Waals surface area contributed by atoms with Gasteiger partial charge in [0.15, 0.2) is 0 Å². The summed E-state index contributed by atoms with van der Waals surface area (Å²) in [6.45, 7) is 3.94. The first kappa shape index (κ1) is 22.1. The average Bonchev–Trinajstić information content (AvgIpc) is 3.28. The van der Waals surface area contributed by atoms with Gasteiger partial charge in [-0.2, -0.15) is 5.10 Å². The number of aromatic nitrogens is 3. The van der Waals surface area contributed by atoms with Gasteiger partial charge in [0, 0.05) is 40.7 Å². The third-order valence-electron chi connectivity index (χ3n) is 6.50. The van der Waals surface area contributed by atoms with Crippen molar-refractivity contribution < 1.29 is 9.53 Å². The molecule has 2 heterocycles. The highest BCUT2D eigenvalue weighted by molar-refractivity contribution is 6.01. The molecule has 1 fully saturated rings. The van der Waals surface area contributed by atoms with E-state index in [2.05, 4.69) is 44.8 Å². The van der Waals surface area contributed by atoms with Crippen LogP contribution in [0.1, 0.15) is 61.4 Å². The molecule has 174 valence electrons. The van der Waals surface area contributed by atoms with Gasteiger partial charge in [0.2, 0.25) is 5.88 Å². The Morgan fingerprint density at radius 2 is 1.88 bits per heavy atom. The van der Waals surface area contributed by atoms with E-state index >= 15 is 0 Å². The number of nitrogens with zero attached hydrogens (tertiary/aromatic N) is 2. The number of benzene rings is 2. The molecular weight excluding hydrogens is 424 g/mol.